The second kappa shape index (κ2) is 9.40. The second-order valence-electron chi connectivity index (χ2n) is 9.48. The molecule has 1 aromatic heterocycles. The third-order valence-electron chi connectivity index (χ3n) is 7.36. The first kappa shape index (κ1) is 22.2. The van der Waals surface area contributed by atoms with E-state index in [4.69, 9.17) is 0 Å². The van der Waals surface area contributed by atoms with Gasteiger partial charge in [-0.1, -0.05) is 72.8 Å². The van der Waals surface area contributed by atoms with Gasteiger partial charge in [0, 0.05) is 46.1 Å². The van der Waals surface area contributed by atoms with Crippen molar-refractivity contribution >= 4 is 27.5 Å². The summed E-state index contributed by atoms with van der Waals surface area (Å²) in [4.78, 5) is 20.0. The number of carbonyl (C=O) groups excluding carboxylic acids is 1. The number of nitrogens with zero attached hydrogens (tertiary/aromatic N) is 1. The molecule has 35 heavy (non-hydrogen) atoms. The highest BCUT2D eigenvalue weighted by molar-refractivity contribution is 7.85. The number of nitrogens with one attached hydrogen (secondary N) is 1. The molecule has 3 atom stereocenters. The maximum atomic E-state index is 13.5. The predicted octanol–water partition coefficient (Wildman–Crippen LogP) is 5.78. The number of aromatic amines is 1. The van der Waals surface area contributed by atoms with Gasteiger partial charge in [0.2, 0.25) is 0 Å². The Labute approximate surface area is 208 Å². The Balaban J connectivity index is 1.28. The van der Waals surface area contributed by atoms with Gasteiger partial charge >= 0.3 is 0 Å². The zero-order valence-electron chi connectivity index (χ0n) is 19.5. The lowest BCUT2D eigenvalue weighted by Crippen LogP contribution is -2.49. The van der Waals surface area contributed by atoms with Gasteiger partial charge in [-0.15, -0.1) is 0 Å². The molecule has 1 N–H and O–H groups in total. The molecular formula is C30H28N2O2S. The summed E-state index contributed by atoms with van der Waals surface area (Å²) in [6.07, 6.45) is 5.17. The molecular weight excluding hydrogens is 452 g/mol. The van der Waals surface area contributed by atoms with Gasteiger partial charge in [-0.25, -0.2) is 4.21 Å². The zero-order chi connectivity index (χ0) is 23.8. The molecule has 3 aromatic carbocycles. The number of rotatable bonds is 7. The lowest BCUT2D eigenvalue weighted by atomic mass is 9.78. The Morgan fingerprint density at radius 3 is 2.40 bits per heavy atom. The summed E-state index contributed by atoms with van der Waals surface area (Å²) < 4.78 is 13.5. The third kappa shape index (κ3) is 4.19. The highest BCUT2D eigenvalue weighted by Gasteiger charge is 2.38. The average Bonchev–Trinajstić information content (AvgIpc) is 3.31. The standard InChI is InChI=1S/C30H28N2O2S/c33-29(22-9-3-1-4-10-22)26-19-21-15-16-28(26)32(20-21)18-17-25-24-13-7-8-14-27(24)31-30(25)35(34)23-11-5-2-6-12-23/h1-14,19,21,28,31H,15-18,20H2. The first-order valence-corrected chi connectivity index (χ1v) is 13.5. The van der Waals surface area contributed by atoms with Crippen LogP contribution in [0.1, 0.15) is 28.8 Å². The molecule has 3 heterocycles. The van der Waals surface area contributed by atoms with E-state index in [2.05, 4.69) is 22.0 Å². The van der Waals surface area contributed by atoms with Crippen molar-refractivity contribution in [3.05, 3.63) is 108 Å². The minimum Gasteiger partial charge on any atom is -0.347 e. The zero-order valence-corrected chi connectivity index (χ0v) is 20.3. The Hall–Kier alpha value is -3.28. The monoisotopic (exact) mass is 480 g/mol. The lowest BCUT2D eigenvalue weighted by molar-refractivity contribution is 0.0915. The SMILES string of the molecule is O=C(C1=CC2CCC1N(CCc1c(S(=O)c3ccccc3)[nH]c3ccccc13)C2)c1ccccc1. The molecule has 2 aliphatic heterocycles. The normalized spacial score (nSPS) is 20.6. The van der Waals surface area contributed by atoms with Crippen LogP contribution in [0.5, 0.6) is 0 Å². The Morgan fingerprint density at radius 1 is 0.914 bits per heavy atom. The van der Waals surface area contributed by atoms with E-state index in [0.29, 0.717) is 5.92 Å². The Morgan fingerprint density at radius 2 is 1.63 bits per heavy atom. The second-order valence-corrected chi connectivity index (χ2v) is 10.9. The van der Waals surface area contributed by atoms with Gasteiger partial charge < -0.3 is 4.98 Å². The average molecular weight is 481 g/mol. The number of aromatic nitrogens is 1. The van der Waals surface area contributed by atoms with Crippen LogP contribution in [0.2, 0.25) is 0 Å². The number of fused-ring (bicyclic) bond motifs is 3. The third-order valence-corrected chi connectivity index (χ3v) is 8.78. The van der Waals surface area contributed by atoms with Crippen molar-refractivity contribution in [2.24, 2.45) is 5.92 Å². The van der Waals surface area contributed by atoms with E-state index in [0.717, 1.165) is 69.9 Å². The maximum Gasteiger partial charge on any atom is 0.190 e. The van der Waals surface area contributed by atoms with E-state index in [-0.39, 0.29) is 11.8 Å². The molecule has 0 saturated carbocycles. The van der Waals surface area contributed by atoms with E-state index in [9.17, 15) is 9.00 Å². The molecule has 1 fully saturated rings. The van der Waals surface area contributed by atoms with Gasteiger partial charge in [0.25, 0.3) is 0 Å². The van der Waals surface area contributed by atoms with Crippen molar-refractivity contribution in [2.45, 2.75) is 35.2 Å². The van der Waals surface area contributed by atoms with Crippen molar-refractivity contribution in [1.82, 2.24) is 9.88 Å². The first-order chi connectivity index (χ1) is 17.2. The van der Waals surface area contributed by atoms with Crippen LogP contribution in [0.3, 0.4) is 0 Å². The van der Waals surface area contributed by atoms with Crippen LogP contribution >= 0.6 is 0 Å². The quantitative estimate of drug-likeness (QED) is 0.341. The summed E-state index contributed by atoms with van der Waals surface area (Å²) in [7, 11) is -1.28. The van der Waals surface area contributed by atoms with Crippen LogP contribution in [-0.2, 0) is 17.2 Å². The van der Waals surface area contributed by atoms with Gasteiger partial charge in [-0.3, -0.25) is 9.69 Å². The molecule has 4 nitrogen and oxygen atoms in total. The van der Waals surface area contributed by atoms with Crippen LogP contribution in [0.4, 0.5) is 0 Å². The van der Waals surface area contributed by atoms with Crippen LogP contribution in [-0.4, -0.2) is 39.0 Å². The highest BCUT2D eigenvalue weighted by atomic mass is 32.2. The maximum absolute atomic E-state index is 13.5. The van der Waals surface area contributed by atoms with Crippen molar-refractivity contribution in [2.75, 3.05) is 13.1 Å². The number of piperidine rings is 1. The lowest BCUT2D eigenvalue weighted by Gasteiger charge is -2.44. The van der Waals surface area contributed by atoms with Crippen molar-refractivity contribution in [3.63, 3.8) is 0 Å². The van der Waals surface area contributed by atoms with Gasteiger partial charge in [0.1, 0.15) is 15.8 Å². The smallest absolute Gasteiger partial charge is 0.190 e. The van der Waals surface area contributed by atoms with Crippen molar-refractivity contribution in [3.8, 4) is 0 Å². The molecule has 2 bridgehead atoms. The summed E-state index contributed by atoms with van der Waals surface area (Å²) in [6.45, 7) is 1.82. The number of carbonyl (C=O) groups is 1. The van der Waals surface area contributed by atoms with Gasteiger partial charge in [0.05, 0.1) is 0 Å². The topological polar surface area (TPSA) is 53.2 Å². The fourth-order valence-electron chi connectivity index (χ4n) is 5.66. The van der Waals surface area contributed by atoms with Crippen LogP contribution in [0.25, 0.3) is 10.9 Å². The molecule has 0 radical (unpaired) electrons. The molecule has 4 aromatic rings. The summed E-state index contributed by atoms with van der Waals surface area (Å²) >= 11 is 0. The number of ketones is 1. The van der Waals surface area contributed by atoms with Crippen molar-refractivity contribution in [1.29, 1.82) is 0 Å². The van der Waals surface area contributed by atoms with Gasteiger partial charge in [-0.05, 0) is 48.9 Å². The molecule has 1 aliphatic carbocycles. The van der Waals surface area contributed by atoms with Crippen LogP contribution in [0.15, 0.2) is 106 Å². The number of H-pyrrole nitrogens is 1. The molecule has 0 amide bonds. The molecule has 176 valence electrons. The van der Waals surface area contributed by atoms with Crippen LogP contribution < -0.4 is 0 Å². The summed E-state index contributed by atoms with van der Waals surface area (Å²) in [5.74, 6) is 0.575. The van der Waals surface area contributed by atoms with E-state index in [1.165, 1.54) is 0 Å². The summed E-state index contributed by atoms with van der Waals surface area (Å²) in [6, 6.07) is 27.6. The number of Topliss-reactive ketones (excluding diaryl/α,β-unsaturated/α-hetero) is 1. The molecule has 7 rings (SSSR count). The minimum atomic E-state index is -1.28. The first-order valence-electron chi connectivity index (χ1n) is 12.3. The number of benzene rings is 3. The van der Waals surface area contributed by atoms with Crippen molar-refractivity contribution < 1.29 is 9.00 Å². The van der Waals surface area contributed by atoms with Crippen LogP contribution in [0, 0.1) is 5.92 Å². The molecule has 1 saturated heterocycles. The van der Waals surface area contributed by atoms with E-state index in [1.807, 2.05) is 78.9 Å². The molecule has 0 spiro atoms. The fourth-order valence-corrected chi connectivity index (χ4v) is 6.94. The van der Waals surface area contributed by atoms with E-state index < -0.39 is 10.8 Å². The predicted molar refractivity (Wildman–Crippen MR) is 140 cm³/mol. The Bertz CT molecular complexity index is 1420. The van der Waals surface area contributed by atoms with E-state index in [1.54, 1.807) is 0 Å². The Kier molecular flexibility index (Phi) is 5.96. The number of hydrogen-bond donors (Lipinski definition) is 1. The van der Waals surface area contributed by atoms with Gasteiger partial charge in [0.15, 0.2) is 5.78 Å². The molecule has 3 aliphatic rings. The largest absolute Gasteiger partial charge is 0.347 e. The number of hydrogen-bond acceptors (Lipinski definition) is 3. The number of para-hydroxylation sites is 1. The fraction of sp³-hybridized carbons (Fsp3) is 0.233. The molecule has 3 unspecified atom stereocenters. The summed E-state index contributed by atoms with van der Waals surface area (Å²) in [5.41, 5.74) is 3.85. The minimum absolute atomic E-state index is 0.154. The molecule has 5 heteroatoms. The highest BCUT2D eigenvalue weighted by Crippen LogP contribution is 2.37. The van der Waals surface area contributed by atoms with E-state index >= 15 is 0 Å². The van der Waals surface area contributed by atoms with Gasteiger partial charge in [-0.2, -0.15) is 0 Å². The summed E-state index contributed by atoms with van der Waals surface area (Å²) in [5, 5.41) is 1.92.